The van der Waals surface area contributed by atoms with E-state index < -0.39 is 39.2 Å². The molecule has 2 bridgehead atoms. The zero-order chi connectivity index (χ0) is 28.2. The Morgan fingerprint density at radius 2 is 1.57 bits per heavy atom. The van der Waals surface area contributed by atoms with Crippen LogP contribution in [0.1, 0.15) is 94.4 Å². The number of fused-ring (bicyclic) bond motifs is 1. The Balaban J connectivity index is 2.41. The third-order valence-electron chi connectivity index (χ3n) is 9.15. The summed E-state index contributed by atoms with van der Waals surface area (Å²) in [5.41, 5.74) is -3.87. The first-order chi connectivity index (χ1) is 17.0. The van der Waals surface area contributed by atoms with E-state index >= 15 is 0 Å². The molecule has 2 aliphatic heterocycles. The number of hydrogen-bond donors (Lipinski definition) is 1. The van der Waals surface area contributed by atoms with E-state index in [0.717, 1.165) is 17.4 Å². The SMILES string of the molecule is CC(C)=CCC12OC3(O)C(CC=C(C)C)(CC(CC=C(C)C=O)C(C)(C)C3(C(=O)CC(C)C)C1=O)C2=O. The van der Waals surface area contributed by atoms with E-state index in [0.29, 0.717) is 12.0 Å². The lowest BCUT2D eigenvalue weighted by molar-refractivity contribution is -0.313. The zero-order valence-electron chi connectivity index (χ0n) is 24.0. The van der Waals surface area contributed by atoms with Crippen molar-refractivity contribution in [1.29, 1.82) is 0 Å². The predicted octanol–water partition coefficient (Wildman–Crippen LogP) is 5.48. The lowest BCUT2D eigenvalue weighted by Crippen LogP contribution is -2.77. The number of carbonyl (C=O) groups excluding carboxylic acids is 4. The second kappa shape index (κ2) is 9.53. The van der Waals surface area contributed by atoms with Crippen molar-refractivity contribution in [3.63, 3.8) is 0 Å². The van der Waals surface area contributed by atoms with Gasteiger partial charge in [0.15, 0.2) is 28.4 Å². The molecule has 0 aromatic carbocycles. The Morgan fingerprint density at radius 1 is 1.00 bits per heavy atom. The van der Waals surface area contributed by atoms with Crippen molar-refractivity contribution >= 4 is 23.6 Å². The molecule has 37 heavy (non-hydrogen) atoms. The molecule has 0 aromatic rings. The number of ether oxygens (including phenoxy) is 1. The Hall–Kier alpha value is -2.18. The summed E-state index contributed by atoms with van der Waals surface area (Å²) in [6, 6.07) is 0. The average Bonchev–Trinajstić information content (AvgIpc) is 3.12. The van der Waals surface area contributed by atoms with E-state index in [1.54, 1.807) is 19.1 Å². The van der Waals surface area contributed by atoms with E-state index in [1.807, 2.05) is 61.5 Å². The van der Waals surface area contributed by atoms with Crippen LogP contribution in [0, 0.1) is 28.1 Å². The Bertz CT molecular complexity index is 1100. The fraction of sp³-hybridized carbons (Fsp3) is 0.677. The van der Waals surface area contributed by atoms with E-state index in [-0.39, 0.29) is 43.3 Å². The van der Waals surface area contributed by atoms with Gasteiger partial charge in [0.2, 0.25) is 5.79 Å². The third-order valence-corrected chi connectivity index (χ3v) is 9.15. The molecule has 3 aliphatic rings. The molecule has 6 nitrogen and oxygen atoms in total. The summed E-state index contributed by atoms with van der Waals surface area (Å²) in [6.07, 6.45) is 7.18. The van der Waals surface area contributed by atoms with Crippen molar-refractivity contribution in [3.05, 3.63) is 34.9 Å². The largest absolute Gasteiger partial charge is 0.363 e. The maximum Gasteiger partial charge on any atom is 0.200 e. The number of Topliss-reactive ketones (excluding diaryl/α,β-unsaturated/α-hetero) is 3. The normalized spacial score (nSPS) is 36.1. The molecule has 3 fully saturated rings. The summed E-state index contributed by atoms with van der Waals surface area (Å²) >= 11 is 0. The molecule has 0 amide bonds. The van der Waals surface area contributed by atoms with Crippen LogP contribution >= 0.6 is 0 Å². The molecule has 0 radical (unpaired) electrons. The van der Waals surface area contributed by atoms with Gasteiger partial charge in [0.25, 0.3) is 0 Å². The number of aldehydes is 1. The molecule has 5 unspecified atom stereocenters. The first-order valence-electron chi connectivity index (χ1n) is 13.4. The van der Waals surface area contributed by atoms with Gasteiger partial charge in [-0.15, -0.1) is 0 Å². The van der Waals surface area contributed by atoms with E-state index in [2.05, 4.69) is 0 Å². The summed E-state index contributed by atoms with van der Waals surface area (Å²) in [6.45, 7) is 16.8. The maximum absolute atomic E-state index is 14.7. The lowest BCUT2D eigenvalue weighted by Gasteiger charge is -2.63. The number of carbonyl (C=O) groups is 4. The standard InChI is InChI=1S/C31H44O6/c1-19(2)12-14-28-17-23(11-10-22(7)18-32)27(8,9)30(24(33)16-21(5)6)26(35)29(25(28)34,15-13-20(3)4)37-31(28,30)36/h10,12-13,18,21,23,36H,11,14-17H2,1-9H3. The highest BCUT2D eigenvalue weighted by atomic mass is 16.7. The van der Waals surface area contributed by atoms with Gasteiger partial charge < -0.3 is 9.84 Å². The highest BCUT2D eigenvalue weighted by Crippen LogP contribution is 2.77. The van der Waals surface area contributed by atoms with Gasteiger partial charge in [-0.3, -0.25) is 19.2 Å². The van der Waals surface area contributed by atoms with Gasteiger partial charge in [0.1, 0.15) is 6.29 Å². The molecule has 5 atom stereocenters. The monoisotopic (exact) mass is 512 g/mol. The highest BCUT2D eigenvalue weighted by molar-refractivity contribution is 6.28. The second-order valence-corrected chi connectivity index (χ2v) is 13.0. The topological polar surface area (TPSA) is 97.7 Å². The van der Waals surface area contributed by atoms with Gasteiger partial charge in [-0.2, -0.15) is 0 Å². The molecule has 1 aliphatic carbocycles. The van der Waals surface area contributed by atoms with Crippen LogP contribution in [0.25, 0.3) is 0 Å². The third kappa shape index (κ3) is 3.81. The van der Waals surface area contributed by atoms with Crippen LogP contribution < -0.4 is 0 Å². The number of ketones is 3. The number of aliphatic hydroxyl groups is 1. The van der Waals surface area contributed by atoms with Crippen LogP contribution in [0.3, 0.4) is 0 Å². The first-order valence-corrected chi connectivity index (χ1v) is 13.4. The van der Waals surface area contributed by atoms with Gasteiger partial charge in [-0.1, -0.05) is 57.1 Å². The van der Waals surface area contributed by atoms with Crippen molar-refractivity contribution in [2.24, 2.45) is 28.1 Å². The summed E-state index contributed by atoms with van der Waals surface area (Å²) in [5, 5.41) is 12.7. The van der Waals surface area contributed by atoms with Crippen LogP contribution in [-0.2, 0) is 23.9 Å². The maximum atomic E-state index is 14.7. The summed E-state index contributed by atoms with van der Waals surface area (Å²) in [7, 11) is 0. The highest BCUT2D eigenvalue weighted by Gasteiger charge is 2.94. The van der Waals surface area contributed by atoms with Crippen LogP contribution in [0.4, 0.5) is 0 Å². The average molecular weight is 513 g/mol. The Morgan fingerprint density at radius 3 is 2.08 bits per heavy atom. The van der Waals surface area contributed by atoms with Gasteiger partial charge in [-0.05, 0) is 76.7 Å². The van der Waals surface area contributed by atoms with Crippen LogP contribution in [0.2, 0.25) is 0 Å². The van der Waals surface area contributed by atoms with Crippen molar-refractivity contribution in [3.8, 4) is 0 Å². The van der Waals surface area contributed by atoms with Crippen LogP contribution in [-0.4, -0.2) is 40.1 Å². The van der Waals surface area contributed by atoms with Crippen molar-refractivity contribution in [1.82, 2.24) is 0 Å². The molecule has 2 heterocycles. The van der Waals surface area contributed by atoms with Crippen molar-refractivity contribution < 1.29 is 29.0 Å². The smallest absolute Gasteiger partial charge is 0.200 e. The van der Waals surface area contributed by atoms with E-state index in [9.17, 15) is 24.3 Å². The number of rotatable bonds is 10. The summed E-state index contributed by atoms with van der Waals surface area (Å²) in [5.74, 6) is -4.02. The molecule has 3 rings (SSSR count). The van der Waals surface area contributed by atoms with Gasteiger partial charge >= 0.3 is 0 Å². The molecule has 0 aromatic heterocycles. The van der Waals surface area contributed by atoms with Crippen molar-refractivity contribution in [2.75, 3.05) is 0 Å². The molecule has 6 heteroatoms. The van der Waals surface area contributed by atoms with Gasteiger partial charge in [-0.25, -0.2) is 0 Å². The predicted molar refractivity (Wildman–Crippen MR) is 143 cm³/mol. The molecular weight excluding hydrogens is 468 g/mol. The fourth-order valence-corrected chi connectivity index (χ4v) is 7.14. The van der Waals surface area contributed by atoms with Gasteiger partial charge in [0.05, 0.1) is 5.41 Å². The quantitative estimate of drug-likeness (QED) is 0.180. The summed E-state index contributed by atoms with van der Waals surface area (Å²) in [4.78, 5) is 54.8. The van der Waals surface area contributed by atoms with Crippen LogP contribution in [0.5, 0.6) is 0 Å². The Labute approximate surface area is 221 Å². The Kier molecular flexibility index (Phi) is 7.57. The minimum Gasteiger partial charge on any atom is -0.363 e. The zero-order valence-corrected chi connectivity index (χ0v) is 24.0. The van der Waals surface area contributed by atoms with Crippen molar-refractivity contribution in [2.45, 2.75) is 106 Å². The number of hydrogen-bond acceptors (Lipinski definition) is 6. The van der Waals surface area contributed by atoms with E-state index in [4.69, 9.17) is 4.74 Å². The minimum absolute atomic E-state index is 0.00646. The molecular formula is C31H44O6. The molecule has 1 N–H and O–H groups in total. The fourth-order valence-electron chi connectivity index (χ4n) is 7.14. The first kappa shape index (κ1) is 29.4. The molecule has 2 saturated heterocycles. The molecule has 0 spiro atoms. The second-order valence-electron chi connectivity index (χ2n) is 13.0. The van der Waals surface area contributed by atoms with Crippen LogP contribution in [0.15, 0.2) is 34.9 Å². The van der Waals surface area contributed by atoms with E-state index in [1.165, 1.54) is 0 Å². The molecule has 204 valence electrons. The summed E-state index contributed by atoms with van der Waals surface area (Å²) < 4.78 is 6.35. The lowest BCUT2D eigenvalue weighted by atomic mass is 9.36. The van der Waals surface area contributed by atoms with Gasteiger partial charge in [0, 0.05) is 12.8 Å². The molecule has 1 saturated carbocycles. The number of allylic oxidation sites excluding steroid dienone is 5. The minimum atomic E-state index is -2.26.